The van der Waals surface area contributed by atoms with Crippen molar-refractivity contribution in [3.63, 3.8) is 0 Å². The van der Waals surface area contributed by atoms with Crippen LogP contribution in [0.4, 0.5) is 11.4 Å². The molecular weight excluding hydrogens is 701 g/mol. The van der Waals surface area contributed by atoms with Crippen LogP contribution in [0.3, 0.4) is 0 Å². The molecule has 0 amide bonds. The first-order chi connectivity index (χ1) is 23.3. The van der Waals surface area contributed by atoms with Crippen molar-refractivity contribution in [2.24, 2.45) is 0 Å². The summed E-state index contributed by atoms with van der Waals surface area (Å²) in [5, 5.41) is 0. The molecule has 3 N–H and O–H groups in total. The molecule has 3 aliphatic carbocycles. The summed E-state index contributed by atoms with van der Waals surface area (Å²) in [6.07, 6.45) is 11.2. The number of allylic oxidation sites excluding steroid dienone is 8. The van der Waals surface area contributed by atoms with E-state index in [9.17, 15) is 38.9 Å². The van der Waals surface area contributed by atoms with Gasteiger partial charge in [0, 0.05) is 40.5 Å². The number of rotatable bonds is 9. The zero-order valence-electron chi connectivity index (χ0n) is 28.2. The van der Waals surface area contributed by atoms with Crippen LogP contribution < -0.4 is 4.90 Å². The average molecular weight is 742 g/mol. The Kier molecular flexibility index (Phi) is 8.28. The molecule has 2 unspecified atom stereocenters. The van der Waals surface area contributed by atoms with E-state index >= 15 is 0 Å². The minimum atomic E-state index is -4.46. The molecule has 7 rings (SSSR count). The highest BCUT2D eigenvalue weighted by Gasteiger charge is 2.54. The fraction of sp³-hybridized carbons (Fsp3) is 0.417. The van der Waals surface area contributed by atoms with Crippen molar-refractivity contribution in [3.8, 4) is 0 Å². The first-order valence-electron chi connectivity index (χ1n) is 16.7. The molecule has 2 aromatic rings. The van der Waals surface area contributed by atoms with Crippen LogP contribution in [0.5, 0.6) is 0 Å². The molecule has 14 heteroatoms. The highest BCUT2D eigenvalue weighted by atomic mass is 32.2. The maximum absolute atomic E-state index is 12.0. The lowest BCUT2D eigenvalue weighted by atomic mass is 9.80. The van der Waals surface area contributed by atoms with Gasteiger partial charge in [0.25, 0.3) is 30.4 Å². The van der Waals surface area contributed by atoms with E-state index in [1.54, 1.807) is 6.07 Å². The predicted octanol–water partition coefficient (Wildman–Crippen LogP) is 5.57. The topological polar surface area (TPSA) is 169 Å². The van der Waals surface area contributed by atoms with E-state index in [-0.39, 0.29) is 29.2 Å². The normalized spacial score (nSPS) is 26.3. The monoisotopic (exact) mass is 741 g/mol. The summed E-state index contributed by atoms with van der Waals surface area (Å²) in [6, 6.07) is 10.6. The van der Waals surface area contributed by atoms with Crippen molar-refractivity contribution < 1.29 is 43.5 Å². The Morgan fingerprint density at radius 3 is 2.24 bits per heavy atom. The third-order valence-corrected chi connectivity index (χ3v) is 13.4. The van der Waals surface area contributed by atoms with Gasteiger partial charge < -0.3 is 4.90 Å². The molecule has 50 heavy (non-hydrogen) atoms. The molecule has 0 saturated heterocycles. The van der Waals surface area contributed by atoms with E-state index in [4.69, 9.17) is 0 Å². The van der Waals surface area contributed by atoms with Crippen LogP contribution in [0.1, 0.15) is 69.1 Å². The molecule has 0 radical (unpaired) electrons. The average Bonchev–Trinajstić information content (AvgIpc) is 3.78. The third-order valence-electron chi connectivity index (χ3n) is 11.1. The molecule has 0 aromatic heterocycles. The number of hydrogen-bond acceptors (Lipinski definition) is 7. The Bertz CT molecular complexity index is 2350. The van der Waals surface area contributed by atoms with Gasteiger partial charge in [0.2, 0.25) is 5.69 Å². The maximum atomic E-state index is 12.0. The lowest BCUT2D eigenvalue weighted by molar-refractivity contribution is -0.432. The van der Waals surface area contributed by atoms with Crippen molar-refractivity contribution in [2.75, 3.05) is 29.5 Å². The predicted molar refractivity (Wildman–Crippen MR) is 191 cm³/mol. The van der Waals surface area contributed by atoms with Crippen LogP contribution in [0.15, 0.2) is 87.5 Å². The first-order valence-corrected chi connectivity index (χ1v) is 21.3. The number of anilines is 1. The summed E-state index contributed by atoms with van der Waals surface area (Å²) < 4.78 is 102. The molecule has 0 bridgehead atoms. The van der Waals surface area contributed by atoms with Crippen LogP contribution in [-0.4, -0.2) is 73.8 Å². The molecule has 5 aliphatic rings. The van der Waals surface area contributed by atoms with Crippen molar-refractivity contribution in [2.45, 2.75) is 75.0 Å². The Labute approximate surface area is 293 Å². The van der Waals surface area contributed by atoms with Gasteiger partial charge in [0.05, 0.1) is 16.1 Å². The number of fused-ring (bicyclic) bond motifs is 6. The Morgan fingerprint density at radius 1 is 0.820 bits per heavy atom. The smallest absolute Gasteiger partial charge is 0.294 e. The van der Waals surface area contributed by atoms with Gasteiger partial charge in [-0.2, -0.15) is 29.8 Å². The van der Waals surface area contributed by atoms with Crippen molar-refractivity contribution >= 4 is 47.4 Å². The van der Waals surface area contributed by atoms with Gasteiger partial charge >= 0.3 is 0 Å². The van der Waals surface area contributed by atoms with E-state index in [0.717, 1.165) is 70.6 Å². The standard InChI is InChI=1S/C36H40N2O9S3/c1-23-4-8-31-29(18-23)35(2)12-10-26(33(35)37(31)14-16-48(39,40)41)20-24-5-6-25(19-24)21-27-11-13-36(3)30-22-28(50(45,46)47)7-9-32(30)38(34(27)36)15-17-49(42,43)44/h4,7-9,18-22H,5-6,10-17H2,1-3H3,(H2-,39,40,41,42,43,44,45,46,47)/p+1. The lowest BCUT2D eigenvalue weighted by Crippen LogP contribution is -2.30. The third kappa shape index (κ3) is 6.13. The SMILES string of the molecule is Cc1ccc2c(c1)C1(C)CCC(C=C3C=C(C=C4CCC5(C)C4=[N+](CCS(=O)(=O)O)c4ccc(S(=O)(=O)O)cc45)CC3)=C1N2CCS(=O)(=O)O. The second-order valence-electron chi connectivity index (χ2n) is 14.5. The van der Waals surface area contributed by atoms with E-state index in [0.29, 0.717) is 24.1 Å². The van der Waals surface area contributed by atoms with Gasteiger partial charge in [0.15, 0.2) is 12.3 Å². The van der Waals surface area contributed by atoms with Gasteiger partial charge in [-0.1, -0.05) is 29.8 Å². The molecule has 2 heterocycles. The van der Waals surface area contributed by atoms with Crippen LogP contribution >= 0.6 is 0 Å². The molecule has 2 atom stereocenters. The summed E-state index contributed by atoms with van der Waals surface area (Å²) in [5.41, 5.74) is 10.1. The van der Waals surface area contributed by atoms with Gasteiger partial charge in [0.1, 0.15) is 5.75 Å². The molecule has 1 fully saturated rings. The fourth-order valence-electron chi connectivity index (χ4n) is 8.84. The van der Waals surface area contributed by atoms with E-state index in [1.807, 2.05) is 30.6 Å². The Morgan fingerprint density at radius 2 is 1.54 bits per heavy atom. The van der Waals surface area contributed by atoms with E-state index in [1.165, 1.54) is 17.7 Å². The van der Waals surface area contributed by atoms with E-state index < -0.39 is 41.5 Å². The van der Waals surface area contributed by atoms with Crippen molar-refractivity contribution in [3.05, 3.63) is 99.3 Å². The Balaban J connectivity index is 1.25. The van der Waals surface area contributed by atoms with Crippen molar-refractivity contribution in [1.29, 1.82) is 0 Å². The van der Waals surface area contributed by atoms with Gasteiger partial charge in [-0.3, -0.25) is 13.7 Å². The molecule has 0 spiro atoms. The van der Waals surface area contributed by atoms with E-state index in [2.05, 4.69) is 36.1 Å². The molecule has 266 valence electrons. The summed E-state index contributed by atoms with van der Waals surface area (Å²) in [5.74, 6) is -0.878. The van der Waals surface area contributed by atoms with Gasteiger partial charge in [-0.05, 0) is 106 Å². The molecule has 1 saturated carbocycles. The van der Waals surface area contributed by atoms with Crippen LogP contribution in [-0.2, 0) is 41.2 Å². The zero-order valence-corrected chi connectivity index (χ0v) is 30.6. The Hall–Kier alpha value is -3.40. The number of hydrogen-bond donors (Lipinski definition) is 3. The second-order valence-corrected chi connectivity index (χ2v) is 19.1. The summed E-state index contributed by atoms with van der Waals surface area (Å²) in [4.78, 5) is 1.83. The van der Waals surface area contributed by atoms with Crippen LogP contribution in [0, 0.1) is 6.92 Å². The molecular formula is C36H41N2O9S3+. The number of aryl methyl sites for hydroxylation is 1. The minimum Gasteiger partial charge on any atom is -0.343 e. The largest absolute Gasteiger partial charge is 0.343 e. The van der Waals surface area contributed by atoms with Crippen molar-refractivity contribution in [1.82, 2.24) is 0 Å². The quantitative estimate of drug-likeness (QED) is 0.218. The van der Waals surface area contributed by atoms with Gasteiger partial charge in [-0.25, -0.2) is 0 Å². The zero-order chi connectivity index (χ0) is 36.0. The summed E-state index contributed by atoms with van der Waals surface area (Å²) in [6.45, 7) is 6.39. The fourth-order valence-corrected chi connectivity index (χ4v) is 10.2. The maximum Gasteiger partial charge on any atom is 0.294 e. The highest BCUT2D eigenvalue weighted by Crippen LogP contribution is 2.57. The number of benzene rings is 2. The molecule has 2 aromatic carbocycles. The lowest BCUT2D eigenvalue weighted by Gasteiger charge is -2.26. The molecule has 2 aliphatic heterocycles. The summed E-state index contributed by atoms with van der Waals surface area (Å²) in [7, 11) is -12.9. The highest BCUT2D eigenvalue weighted by molar-refractivity contribution is 7.86. The molecule has 11 nitrogen and oxygen atoms in total. The van der Waals surface area contributed by atoms with Crippen LogP contribution in [0.2, 0.25) is 0 Å². The van der Waals surface area contributed by atoms with Crippen LogP contribution in [0.25, 0.3) is 0 Å². The number of nitrogens with zero attached hydrogens (tertiary/aromatic N) is 2. The van der Waals surface area contributed by atoms with Gasteiger partial charge in [-0.15, -0.1) is 0 Å². The first kappa shape index (κ1) is 35.0. The second kappa shape index (κ2) is 11.8. The summed E-state index contributed by atoms with van der Waals surface area (Å²) >= 11 is 0. The minimum absolute atomic E-state index is 0.0186.